The topological polar surface area (TPSA) is 40.6 Å². The van der Waals surface area contributed by atoms with Gasteiger partial charge in [-0.3, -0.25) is 4.98 Å². The molecule has 102 valence electrons. The Labute approximate surface area is 114 Å². The molecule has 1 aromatic rings. The number of rotatable bonds is 2. The molecule has 0 amide bonds. The second-order valence-electron chi connectivity index (χ2n) is 6.11. The van der Waals surface area contributed by atoms with Gasteiger partial charge < -0.3 is 14.0 Å². The number of aromatic nitrogens is 1. The Bertz CT molecular complexity index is 436. The van der Waals surface area contributed by atoms with E-state index in [9.17, 15) is 0 Å². The van der Waals surface area contributed by atoms with Gasteiger partial charge in [-0.15, -0.1) is 0 Å². The maximum Gasteiger partial charge on any atom is 0.513 e. The number of ether oxygens (including phenoxy) is 1. The van der Waals surface area contributed by atoms with Gasteiger partial charge >= 0.3 is 7.12 Å². The molecule has 0 spiro atoms. The van der Waals surface area contributed by atoms with Crippen molar-refractivity contribution in [2.45, 2.75) is 32.8 Å². The van der Waals surface area contributed by atoms with Crippen LogP contribution in [0.25, 0.3) is 0 Å². The molecule has 2 saturated heterocycles. The minimum Gasteiger partial charge on any atom is -0.406 e. The zero-order valence-corrected chi connectivity index (χ0v) is 11.6. The first-order valence-electron chi connectivity index (χ1n) is 6.96. The molecule has 1 unspecified atom stereocenters. The zero-order valence-electron chi connectivity index (χ0n) is 11.6. The van der Waals surface area contributed by atoms with Crippen LogP contribution >= 0.6 is 0 Å². The predicted molar refractivity (Wildman–Crippen MR) is 73.2 cm³/mol. The van der Waals surface area contributed by atoms with Crippen molar-refractivity contribution >= 4 is 12.7 Å². The number of hydrogen-bond acceptors (Lipinski definition) is 4. The predicted octanol–water partition coefficient (Wildman–Crippen LogP) is 1.70. The summed E-state index contributed by atoms with van der Waals surface area (Å²) in [5.74, 6) is 0. The molecule has 1 aromatic heterocycles. The monoisotopic (exact) mass is 261 g/mol. The van der Waals surface area contributed by atoms with E-state index in [1.54, 1.807) is 0 Å². The van der Waals surface area contributed by atoms with E-state index >= 15 is 0 Å². The SMILES string of the molecule is CC1(C)COB(c2cccc(C3CCCO3)n2)OC1. The third-order valence-corrected chi connectivity index (χ3v) is 3.54. The highest BCUT2D eigenvalue weighted by molar-refractivity contribution is 6.60. The molecule has 4 nitrogen and oxygen atoms in total. The van der Waals surface area contributed by atoms with Crippen molar-refractivity contribution in [1.29, 1.82) is 0 Å². The fraction of sp³-hybridized carbons (Fsp3) is 0.643. The molecule has 5 heteroatoms. The van der Waals surface area contributed by atoms with Gasteiger partial charge in [-0.05, 0) is 25.0 Å². The van der Waals surface area contributed by atoms with Gasteiger partial charge in [0.25, 0.3) is 0 Å². The van der Waals surface area contributed by atoms with Crippen molar-refractivity contribution in [2.24, 2.45) is 5.41 Å². The van der Waals surface area contributed by atoms with E-state index in [4.69, 9.17) is 14.0 Å². The van der Waals surface area contributed by atoms with Crippen LogP contribution in [0.3, 0.4) is 0 Å². The Balaban J connectivity index is 1.72. The van der Waals surface area contributed by atoms with Crippen molar-refractivity contribution in [1.82, 2.24) is 4.98 Å². The van der Waals surface area contributed by atoms with Crippen molar-refractivity contribution in [3.05, 3.63) is 23.9 Å². The van der Waals surface area contributed by atoms with Crippen LogP contribution in [0.2, 0.25) is 0 Å². The summed E-state index contributed by atoms with van der Waals surface area (Å²) in [7, 11) is -0.339. The van der Waals surface area contributed by atoms with Gasteiger partial charge in [0.15, 0.2) is 0 Å². The summed E-state index contributed by atoms with van der Waals surface area (Å²) in [5, 5.41) is 0. The van der Waals surface area contributed by atoms with Crippen LogP contribution in [0, 0.1) is 5.41 Å². The van der Waals surface area contributed by atoms with Gasteiger partial charge in [0.2, 0.25) is 0 Å². The average Bonchev–Trinajstić information content (AvgIpc) is 2.93. The third kappa shape index (κ3) is 2.99. The molecule has 2 fully saturated rings. The Morgan fingerprint density at radius 2 is 2.05 bits per heavy atom. The molecule has 0 saturated carbocycles. The van der Waals surface area contributed by atoms with E-state index in [2.05, 4.69) is 18.8 Å². The highest BCUT2D eigenvalue weighted by atomic mass is 16.6. The van der Waals surface area contributed by atoms with Crippen LogP contribution in [0.15, 0.2) is 18.2 Å². The first-order chi connectivity index (χ1) is 9.14. The lowest BCUT2D eigenvalue weighted by Gasteiger charge is -2.32. The largest absolute Gasteiger partial charge is 0.513 e. The van der Waals surface area contributed by atoms with Crippen LogP contribution in [0.1, 0.15) is 38.5 Å². The Kier molecular flexibility index (Phi) is 3.61. The molecular weight excluding hydrogens is 241 g/mol. The minimum absolute atomic E-state index is 0.0860. The molecule has 19 heavy (non-hydrogen) atoms. The van der Waals surface area contributed by atoms with Gasteiger partial charge in [-0.2, -0.15) is 0 Å². The average molecular weight is 261 g/mol. The summed E-state index contributed by atoms with van der Waals surface area (Å²) in [6, 6.07) is 5.99. The fourth-order valence-corrected chi connectivity index (χ4v) is 2.45. The Hall–Kier alpha value is -0.905. The smallest absolute Gasteiger partial charge is 0.406 e. The summed E-state index contributed by atoms with van der Waals surface area (Å²) in [4.78, 5) is 4.65. The van der Waals surface area contributed by atoms with Gasteiger partial charge in [-0.25, -0.2) is 0 Å². The second kappa shape index (κ2) is 5.23. The number of hydrogen-bond donors (Lipinski definition) is 0. The summed E-state index contributed by atoms with van der Waals surface area (Å²) in [6.07, 6.45) is 2.30. The maximum absolute atomic E-state index is 5.77. The third-order valence-electron chi connectivity index (χ3n) is 3.54. The first kappa shape index (κ1) is 13.1. The van der Waals surface area contributed by atoms with Crippen LogP contribution in [-0.4, -0.2) is 31.9 Å². The van der Waals surface area contributed by atoms with Crippen molar-refractivity contribution in [2.75, 3.05) is 19.8 Å². The first-order valence-corrected chi connectivity index (χ1v) is 6.96. The molecule has 0 N–H and O–H groups in total. The fourth-order valence-electron chi connectivity index (χ4n) is 2.45. The summed E-state index contributed by atoms with van der Waals surface area (Å²) < 4.78 is 17.2. The summed E-state index contributed by atoms with van der Waals surface area (Å²) >= 11 is 0. The lowest BCUT2D eigenvalue weighted by atomic mass is 9.79. The lowest BCUT2D eigenvalue weighted by Crippen LogP contribution is -2.48. The molecule has 0 radical (unpaired) electrons. The van der Waals surface area contributed by atoms with Crippen molar-refractivity contribution in [3.63, 3.8) is 0 Å². The lowest BCUT2D eigenvalue weighted by molar-refractivity contribution is 0.0339. The summed E-state index contributed by atoms with van der Waals surface area (Å²) in [6.45, 7) is 6.51. The van der Waals surface area contributed by atoms with Crippen LogP contribution in [0.4, 0.5) is 0 Å². The summed E-state index contributed by atoms with van der Waals surface area (Å²) in [5.41, 5.74) is 1.93. The molecule has 0 aromatic carbocycles. The highest BCUT2D eigenvalue weighted by Gasteiger charge is 2.34. The molecule has 0 aliphatic carbocycles. The van der Waals surface area contributed by atoms with Gasteiger partial charge in [0.05, 0.1) is 17.4 Å². The van der Waals surface area contributed by atoms with Gasteiger partial charge in [0, 0.05) is 25.2 Å². The van der Waals surface area contributed by atoms with E-state index in [0.29, 0.717) is 13.2 Å². The Morgan fingerprint density at radius 1 is 1.26 bits per heavy atom. The minimum atomic E-state index is -0.339. The van der Waals surface area contributed by atoms with Gasteiger partial charge in [-0.1, -0.05) is 19.9 Å². The standard InChI is InChI=1S/C14H20BNO3/c1-14(2)9-18-15(19-10-14)13-7-3-5-11(16-13)12-6-4-8-17-12/h3,5,7,12H,4,6,8-10H2,1-2H3. The molecule has 3 heterocycles. The van der Waals surface area contributed by atoms with E-state index in [1.165, 1.54) is 0 Å². The highest BCUT2D eigenvalue weighted by Crippen LogP contribution is 2.26. The van der Waals surface area contributed by atoms with E-state index in [-0.39, 0.29) is 18.6 Å². The van der Waals surface area contributed by atoms with Gasteiger partial charge in [0.1, 0.15) is 0 Å². The van der Waals surface area contributed by atoms with E-state index in [0.717, 1.165) is 30.7 Å². The second-order valence-corrected chi connectivity index (χ2v) is 6.11. The number of pyridine rings is 1. The maximum atomic E-state index is 5.77. The number of nitrogens with zero attached hydrogens (tertiary/aromatic N) is 1. The quantitative estimate of drug-likeness (QED) is 0.760. The van der Waals surface area contributed by atoms with Crippen LogP contribution < -0.4 is 5.59 Å². The molecule has 2 aliphatic rings. The molecule has 0 bridgehead atoms. The zero-order chi connectivity index (χ0) is 13.3. The molecular formula is C14H20BNO3. The van der Waals surface area contributed by atoms with E-state index < -0.39 is 0 Å². The molecule has 3 rings (SSSR count). The van der Waals surface area contributed by atoms with Crippen molar-refractivity contribution < 1.29 is 14.0 Å². The molecule has 2 aliphatic heterocycles. The van der Waals surface area contributed by atoms with Crippen LogP contribution in [0.5, 0.6) is 0 Å². The van der Waals surface area contributed by atoms with E-state index in [1.807, 2.05) is 18.2 Å². The van der Waals surface area contributed by atoms with Crippen LogP contribution in [-0.2, 0) is 14.0 Å². The Morgan fingerprint density at radius 3 is 2.74 bits per heavy atom. The molecule has 1 atom stereocenters. The normalized spacial score (nSPS) is 26.6. The van der Waals surface area contributed by atoms with Crippen molar-refractivity contribution in [3.8, 4) is 0 Å².